The van der Waals surface area contributed by atoms with Crippen molar-refractivity contribution in [1.29, 1.82) is 0 Å². The number of benzene rings is 1. The summed E-state index contributed by atoms with van der Waals surface area (Å²) < 4.78 is 0. The second-order valence-electron chi connectivity index (χ2n) is 5.30. The Hall–Kier alpha value is -1.22. The Labute approximate surface area is 119 Å². The van der Waals surface area contributed by atoms with Gasteiger partial charge in [-0.05, 0) is 43.9 Å². The van der Waals surface area contributed by atoms with Crippen LogP contribution in [-0.4, -0.2) is 30.4 Å². The molecule has 0 aliphatic carbocycles. The number of hydrogen-bond acceptors (Lipinski definition) is 2. The van der Waals surface area contributed by atoms with Crippen molar-refractivity contribution in [2.24, 2.45) is 5.92 Å². The summed E-state index contributed by atoms with van der Waals surface area (Å²) >= 11 is 6.02. The molecule has 4 heteroatoms. The van der Waals surface area contributed by atoms with Crippen LogP contribution in [0, 0.1) is 5.92 Å². The summed E-state index contributed by atoms with van der Waals surface area (Å²) in [6, 6.07) is 5.69. The quantitative estimate of drug-likeness (QED) is 0.897. The molecule has 1 aromatic rings. The average Bonchev–Trinajstić information content (AvgIpc) is 2.41. The molecular weight excluding hydrogens is 260 g/mol. The third kappa shape index (κ3) is 2.86. The van der Waals surface area contributed by atoms with Crippen molar-refractivity contribution in [2.75, 3.05) is 18.9 Å². The van der Waals surface area contributed by atoms with E-state index in [1.54, 1.807) is 12.1 Å². The predicted octanol–water partition coefficient (Wildman–Crippen LogP) is 3.64. The third-order valence-electron chi connectivity index (χ3n) is 4.12. The molecule has 1 amide bonds. The SMILES string of the molecule is CNc1ccc(Cl)cc1C(=O)N1CCCC(C)C1C. The topological polar surface area (TPSA) is 32.3 Å². The van der Waals surface area contributed by atoms with Gasteiger partial charge in [-0.15, -0.1) is 0 Å². The lowest BCUT2D eigenvalue weighted by atomic mass is 9.91. The molecule has 1 aliphatic heterocycles. The number of likely N-dealkylation sites (tertiary alicyclic amines) is 1. The second kappa shape index (κ2) is 5.83. The minimum absolute atomic E-state index is 0.0749. The molecule has 0 radical (unpaired) electrons. The molecule has 2 atom stereocenters. The first kappa shape index (κ1) is 14.2. The van der Waals surface area contributed by atoms with E-state index in [1.807, 2.05) is 18.0 Å². The van der Waals surface area contributed by atoms with Crippen molar-refractivity contribution in [1.82, 2.24) is 4.90 Å². The first-order valence-corrected chi connectivity index (χ1v) is 7.20. The Bertz CT molecular complexity index is 475. The number of anilines is 1. The summed E-state index contributed by atoms with van der Waals surface area (Å²) in [7, 11) is 1.82. The van der Waals surface area contributed by atoms with Crippen LogP contribution >= 0.6 is 11.6 Å². The third-order valence-corrected chi connectivity index (χ3v) is 4.35. The number of amides is 1. The van der Waals surface area contributed by atoms with Crippen molar-refractivity contribution in [3.05, 3.63) is 28.8 Å². The number of hydrogen-bond donors (Lipinski definition) is 1. The van der Waals surface area contributed by atoms with Crippen LogP contribution in [0.15, 0.2) is 18.2 Å². The molecule has 1 saturated heterocycles. The fourth-order valence-corrected chi connectivity index (χ4v) is 2.86. The fourth-order valence-electron chi connectivity index (χ4n) is 2.69. The lowest BCUT2D eigenvalue weighted by Crippen LogP contribution is -2.46. The van der Waals surface area contributed by atoms with E-state index in [9.17, 15) is 4.79 Å². The molecule has 1 aliphatic rings. The minimum Gasteiger partial charge on any atom is -0.387 e. The van der Waals surface area contributed by atoms with Gasteiger partial charge < -0.3 is 10.2 Å². The molecule has 1 N–H and O–H groups in total. The Balaban J connectivity index is 2.30. The van der Waals surface area contributed by atoms with Crippen molar-refractivity contribution >= 4 is 23.2 Å². The molecule has 2 unspecified atom stereocenters. The highest BCUT2D eigenvalue weighted by atomic mass is 35.5. The standard InChI is InChI=1S/C15H21ClN2O/c1-10-5-4-8-18(11(10)2)15(19)13-9-12(16)6-7-14(13)17-3/h6-7,9-11,17H,4-5,8H2,1-3H3. The summed E-state index contributed by atoms with van der Waals surface area (Å²) in [6.07, 6.45) is 2.27. The summed E-state index contributed by atoms with van der Waals surface area (Å²) in [4.78, 5) is 14.7. The number of nitrogens with one attached hydrogen (secondary N) is 1. The Morgan fingerprint density at radius 1 is 1.42 bits per heavy atom. The molecule has 1 fully saturated rings. The van der Waals surface area contributed by atoms with E-state index >= 15 is 0 Å². The molecular formula is C15H21ClN2O. The monoisotopic (exact) mass is 280 g/mol. The molecule has 0 saturated carbocycles. The fraction of sp³-hybridized carbons (Fsp3) is 0.533. The summed E-state index contributed by atoms with van der Waals surface area (Å²) in [6.45, 7) is 5.17. The second-order valence-corrected chi connectivity index (χ2v) is 5.74. The lowest BCUT2D eigenvalue weighted by molar-refractivity contribution is 0.0552. The van der Waals surface area contributed by atoms with Gasteiger partial charge in [-0.1, -0.05) is 18.5 Å². The highest BCUT2D eigenvalue weighted by Gasteiger charge is 2.30. The molecule has 104 valence electrons. The zero-order valence-electron chi connectivity index (χ0n) is 11.7. The van der Waals surface area contributed by atoms with Crippen molar-refractivity contribution in [3.8, 4) is 0 Å². The normalized spacial score (nSPS) is 23.3. The van der Waals surface area contributed by atoms with E-state index in [1.165, 1.54) is 6.42 Å². The Morgan fingerprint density at radius 2 is 2.16 bits per heavy atom. The minimum atomic E-state index is 0.0749. The number of rotatable bonds is 2. The predicted molar refractivity (Wildman–Crippen MR) is 79.9 cm³/mol. The van der Waals surface area contributed by atoms with Crippen molar-refractivity contribution < 1.29 is 4.79 Å². The van der Waals surface area contributed by atoms with Crippen molar-refractivity contribution in [3.63, 3.8) is 0 Å². The van der Waals surface area contributed by atoms with Crippen LogP contribution in [0.2, 0.25) is 5.02 Å². The Kier molecular flexibility index (Phi) is 4.35. The van der Waals surface area contributed by atoms with Crippen molar-refractivity contribution in [2.45, 2.75) is 32.7 Å². The summed E-state index contributed by atoms with van der Waals surface area (Å²) in [5.74, 6) is 0.626. The van der Waals surface area contributed by atoms with Gasteiger partial charge in [0.1, 0.15) is 0 Å². The highest BCUT2D eigenvalue weighted by Crippen LogP contribution is 2.28. The zero-order chi connectivity index (χ0) is 14.0. The van der Waals surface area contributed by atoms with E-state index in [4.69, 9.17) is 11.6 Å². The van der Waals surface area contributed by atoms with E-state index in [-0.39, 0.29) is 11.9 Å². The number of nitrogens with zero attached hydrogens (tertiary/aromatic N) is 1. The van der Waals surface area contributed by atoms with Crippen LogP contribution in [0.1, 0.15) is 37.0 Å². The Morgan fingerprint density at radius 3 is 2.84 bits per heavy atom. The van der Waals surface area contributed by atoms with Gasteiger partial charge in [-0.2, -0.15) is 0 Å². The molecule has 0 aromatic heterocycles. The highest BCUT2D eigenvalue weighted by molar-refractivity contribution is 6.31. The average molecular weight is 281 g/mol. The van der Waals surface area contributed by atoms with Crippen LogP contribution in [0.5, 0.6) is 0 Å². The molecule has 3 nitrogen and oxygen atoms in total. The maximum Gasteiger partial charge on any atom is 0.256 e. The van der Waals surface area contributed by atoms with E-state index in [0.717, 1.165) is 18.7 Å². The first-order chi connectivity index (χ1) is 9.04. The molecule has 0 spiro atoms. The van der Waals surface area contributed by atoms with E-state index in [0.29, 0.717) is 16.5 Å². The van der Waals surface area contributed by atoms with Gasteiger partial charge in [-0.25, -0.2) is 0 Å². The van der Waals surface area contributed by atoms with Gasteiger partial charge in [0.15, 0.2) is 0 Å². The number of halogens is 1. The van der Waals surface area contributed by atoms with Crippen LogP contribution < -0.4 is 5.32 Å². The maximum absolute atomic E-state index is 12.7. The number of carbonyl (C=O) groups excluding carboxylic acids is 1. The van der Waals surface area contributed by atoms with E-state index < -0.39 is 0 Å². The molecule has 0 bridgehead atoms. The number of piperidine rings is 1. The molecule has 2 rings (SSSR count). The van der Waals surface area contributed by atoms with Gasteiger partial charge >= 0.3 is 0 Å². The van der Waals surface area contributed by atoms with E-state index in [2.05, 4.69) is 19.2 Å². The number of carbonyl (C=O) groups is 1. The molecule has 19 heavy (non-hydrogen) atoms. The van der Waals surface area contributed by atoms with Crippen LogP contribution in [0.25, 0.3) is 0 Å². The largest absolute Gasteiger partial charge is 0.387 e. The zero-order valence-corrected chi connectivity index (χ0v) is 12.5. The summed E-state index contributed by atoms with van der Waals surface area (Å²) in [5.41, 5.74) is 1.50. The van der Waals surface area contributed by atoms with Gasteiger partial charge in [0.05, 0.1) is 5.56 Å². The van der Waals surface area contributed by atoms with Crippen LogP contribution in [-0.2, 0) is 0 Å². The van der Waals surface area contributed by atoms with Crippen LogP contribution in [0.3, 0.4) is 0 Å². The maximum atomic E-state index is 12.7. The van der Waals surface area contributed by atoms with Gasteiger partial charge in [-0.3, -0.25) is 4.79 Å². The summed E-state index contributed by atoms with van der Waals surface area (Å²) in [5, 5.41) is 3.66. The lowest BCUT2D eigenvalue weighted by Gasteiger charge is -2.38. The van der Waals surface area contributed by atoms with Gasteiger partial charge in [0.25, 0.3) is 5.91 Å². The first-order valence-electron chi connectivity index (χ1n) is 6.83. The molecule has 1 aromatic carbocycles. The van der Waals surface area contributed by atoms with Crippen LogP contribution in [0.4, 0.5) is 5.69 Å². The van der Waals surface area contributed by atoms with Gasteiger partial charge in [0.2, 0.25) is 0 Å². The van der Waals surface area contributed by atoms with Gasteiger partial charge in [0, 0.05) is 30.3 Å². The smallest absolute Gasteiger partial charge is 0.256 e. The molecule has 1 heterocycles.